The molecule has 0 bridgehead atoms. The topological polar surface area (TPSA) is 9.23 Å². The van der Waals surface area contributed by atoms with Crippen LogP contribution in [0.4, 0.5) is 0 Å². The summed E-state index contributed by atoms with van der Waals surface area (Å²) in [5.74, 6) is 0. The maximum absolute atomic E-state index is 6.12. The third kappa shape index (κ3) is 3.44. The summed E-state index contributed by atoms with van der Waals surface area (Å²) in [6.07, 6.45) is 0.176. The summed E-state index contributed by atoms with van der Waals surface area (Å²) >= 11 is 3.53. The smallest absolute Gasteiger partial charge is 0.0929 e. The van der Waals surface area contributed by atoms with Gasteiger partial charge in [0.2, 0.25) is 0 Å². The summed E-state index contributed by atoms with van der Waals surface area (Å²) < 4.78 is 6.12. The van der Waals surface area contributed by atoms with Gasteiger partial charge in [0.25, 0.3) is 0 Å². The van der Waals surface area contributed by atoms with Crippen LogP contribution in [-0.4, -0.2) is 5.33 Å². The second kappa shape index (κ2) is 6.72. The quantitative estimate of drug-likeness (QED) is 0.714. The molecule has 2 atom stereocenters. The lowest BCUT2D eigenvalue weighted by Crippen LogP contribution is -2.09. The SMILES string of the molecule is CC(OC(CBr)c1ccccc1)c1ccccc1. The van der Waals surface area contributed by atoms with E-state index in [9.17, 15) is 0 Å². The summed E-state index contributed by atoms with van der Waals surface area (Å²) in [5, 5.41) is 0.800. The molecule has 2 heteroatoms. The van der Waals surface area contributed by atoms with Gasteiger partial charge in [0, 0.05) is 5.33 Å². The van der Waals surface area contributed by atoms with Gasteiger partial charge in [0.1, 0.15) is 0 Å². The number of benzene rings is 2. The van der Waals surface area contributed by atoms with E-state index in [4.69, 9.17) is 4.74 Å². The first-order valence-corrected chi connectivity index (χ1v) is 7.24. The Balaban J connectivity index is 2.07. The van der Waals surface area contributed by atoms with Crippen LogP contribution in [0.5, 0.6) is 0 Å². The van der Waals surface area contributed by atoms with Gasteiger partial charge in [-0.2, -0.15) is 0 Å². The molecule has 94 valence electrons. The molecule has 2 aromatic rings. The number of rotatable bonds is 5. The molecule has 0 fully saturated rings. The van der Waals surface area contributed by atoms with Crippen molar-refractivity contribution in [2.75, 3.05) is 5.33 Å². The standard InChI is InChI=1S/C16H17BrO/c1-13(14-8-4-2-5-9-14)18-16(12-17)15-10-6-3-7-11-15/h2-11,13,16H,12H2,1H3. The van der Waals surface area contributed by atoms with Gasteiger partial charge < -0.3 is 4.74 Å². The van der Waals surface area contributed by atoms with E-state index in [0.717, 1.165) is 5.33 Å². The summed E-state index contributed by atoms with van der Waals surface area (Å²) in [5.41, 5.74) is 2.41. The first kappa shape index (κ1) is 13.3. The number of alkyl halides is 1. The highest BCUT2D eigenvalue weighted by Crippen LogP contribution is 2.27. The first-order chi connectivity index (χ1) is 8.81. The predicted octanol–water partition coefficient (Wildman–Crippen LogP) is 4.90. The van der Waals surface area contributed by atoms with Crippen molar-refractivity contribution in [3.63, 3.8) is 0 Å². The molecule has 0 aromatic heterocycles. The Kier molecular flexibility index (Phi) is 4.97. The van der Waals surface area contributed by atoms with E-state index in [1.165, 1.54) is 11.1 Å². The average molecular weight is 305 g/mol. The van der Waals surface area contributed by atoms with Crippen molar-refractivity contribution in [3.8, 4) is 0 Å². The van der Waals surface area contributed by atoms with Crippen molar-refractivity contribution in [1.29, 1.82) is 0 Å². The molecule has 0 aliphatic carbocycles. The van der Waals surface area contributed by atoms with Gasteiger partial charge in [-0.15, -0.1) is 0 Å². The highest BCUT2D eigenvalue weighted by Gasteiger charge is 2.15. The Morgan fingerprint density at radius 3 is 1.89 bits per heavy atom. The third-order valence-corrected chi connectivity index (χ3v) is 3.54. The van der Waals surface area contributed by atoms with Crippen LogP contribution in [0.25, 0.3) is 0 Å². The minimum absolute atomic E-state index is 0.0846. The third-order valence-electron chi connectivity index (χ3n) is 2.95. The number of hydrogen-bond acceptors (Lipinski definition) is 1. The zero-order valence-electron chi connectivity index (χ0n) is 10.4. The Bertz CT molecular complexity index is 455. The van der Waals surface area contributed by atoms with Gasteiger partial charge in [0.05, 0.1) is 12.2 Å². The lowest BCUT2D eigenvalue weighted by molar-refractivity contribution is 0.00932. The highest BCUT2D eigenvalue weighted by atomic mass is 79.9. The Morgan fingerprint density at radius 2 is 1.39 bits per heavy atom. The zero-order valence-corrected chi connectivity index (χ0v) is 12.0. The van der Waals surface area contributed by atoms with Crippen LogP contribution < -0.4 is 0 Å². The molecule has 0 heterocycles. The lowest BCUT2D eigenvalue weighted by atomic mass is 10.1. The highest BCUT2D eigenvalue weighted by molar-refractivity contribution is 9.09. The molecule has 0 amide bonds. The summed E-state index contributed by atoms with van der Waals surface area (Å²) in [7, 11) is 0. The van der Waals surface area contributed by atoms with E-state index in [1.54, 1.807) is 0 Å². The van der Waals surface area contributed by atoms with Crippen molar-refractivity contribution in [2.45, 2.75) is 19.1 Å². The summed E-state index contributed by atoms with van der Waals surface area (Å²) in [4.78, 5) is 0. The predicted molar refractivity (Wildman–Crippen MR) is 78.9 cm³/mol. The van der Waals surface area contributed by atoms with Gasteiger partial charge in [-0.25, -0.2) is 0 Å². The Hall–Kier alpha value is -1.12. The number of ether oxygens (including phenoxy) is 1. The molecule has 18 heavy (non-hydrogen) atoms. The molecule has 0 spiro atoms. The van der Waals surface area contributed by atoms with E-state index < -0.39 is 0 Å². The van der Waals surface area contributed by atoms with Crippen molar-refractivity contribution in [2.24, 2.45) is 0 Å². The fourth-order valence-electron chi connectivity index (χ4n) is 1.92. The van der Waals surface area contributed by atoms with E-state index in [0.29, 0.717) is 0 Å². The summed E-state index contributed by atoms with van der Waals surface area (Å²) in [6.45, 7) is 2.09. The molecule has 1 nitrogen and oxygen atoms in total. The fourth-order valence-corrected chi connectivity index (χ4v) is 2.45. The minimum Gasteiger partial charge on any atom is -0.365 e. The maximum atomic E-state index is 6.12. The molecule has 0 radical (unpaired) electrons. The van der Waals surface area contributed by atoms with Crippen LogP contribution >= 0.6 is 15.9 Å². The van der Waals surface area contributed by atoms with Crippen molar-refractivity contribution in [3.05, 3.63) is 71.8 Å². The molecule has 0 aliphatic rings. The molecule has 0 saturated heterocycles. The molecular formula is C16H17BrO. The van der Waals surface area contributed by atoms with E-state index in [1.807, 2.05) is 36.4 Å². The van der Waals surface area contributed by atoms with Crippen LogP contribution in [0, 0.1) is 0 Å². The first-order valence-electron chi connectivity index (χ1n) is 6.12. The average Bonchev–Trinajstić information content (AvgIpc) is 2.46. The molecule has 0 aliphatic heterocycles. The molecular weight excluding hydrogens is 288 g/mol. The largest absolute Gasteiger partial charge is 0.365 e. The van der Waals surface area contributed by atoms with Crippen molar-refractivity contribution < 1.29 is 4.74 Å². The van der Waals surface area contributed by atoms with Crippen LogP contribution in [0.1, 0.15) is 30.3 Å². The fraction of sp³-hybridized carbons (Fsp3) is 0.250. The minimum atomic E-state index is 0.0846. The van der Waals surface area contributed by atoms with E-state index in [2.05, 4.69) is 47.1 Å². The molecule has 2 unspecified atom stereocenters. The number of hydrogen-bond donors (Lipinski definition) is 0. The second-order valence-electron chi connectivity index (χ2n) is 4.24. The van der Waals surface area contributed by atoms with Gasteiger partial charge in [0.15, 0.2) is 0 Å². The normalized spacial score (nSPS) is 14.1. The lowest BCUT2D eigenvalue weighted by Gasteiger charge is -2.21. The zero-order chi connectivity index (χ0) is 12.8. The van der Waals surface area contributed by atoms with E-state index in [-0.39, 0.29) is 12.2 Å². The molecule has 2 rings (SSSR count). The Labute approximate surface area is 117 Å². The van der Waals surface area contributed by atoms with Gasteiger partial charge in [-0.05, 0) is 18.1 Å². The molecule has 2 aromatic carbocycles. The van der Waals surface area contributed by atoms with E-state index >= 15 is 0 Å². The van der Waals surface area contributed by atoms with Gasteiger partial charge in [-0.1, -0.05) is 76.6 Å². The van der Waals surface area contributed by atoms with Gasteiger partial charge >= 0.3 is 0 Å². The van der Waals surface area contributed by atoms with Crippen LogP contribution in [0.3, 0.4) is 0 Å². The summed E-state index contributed by atoms with van der Waals surface area (Å²) in [6, 6.07) is 20.6. The van der Waals surface area contributed by atoms with Crippen molar-refractivity contribution in [1.82, 2.24) is 0 Å². The monoisotopic (exact) mass is 304 g/mol. The van der Waals surface area contributed by atoms with Crippen molar-refractivity contribution >= 4 is 15.9 Å². The molecule has 0 saturated carbocycles. The molecule has 0 N–H and O–H groups in total. The number of halogens is 1. The van der Waals surface area contributed by atoms with Crippen LogP contribution in [-0.2, 0) is 4.74 Å². The van der Waals surface area contributed by atoms with Gasteiger partial charge in [-0.3, -0.25) is 0 Å². The Morgan fingerprint density at radius 1 is 0.889 bits per heavy atom. The second-order valence-corrected chi connectivity index (χ2v) is 4.89. The maximum Gasteiger partial charge on any atom is 0.0929 e. The van der Waals surface area contributed by atoms with Crippen LogP contribution in [0.15, 0.2) is 60.7 Å². The van der Waals surface area contributed by atoms with Crippen LogP contribution in [0.2, 0.25) is 0 Å².